The molecule has 3 aliphatic rings. The molecule has 0 heterocycles. The van der Waals surface area contributed by atoms with Gasteiger partial charge in [-0.15, -0.1) is 0 Å². The van der Waals surface area contributed by atoms with Crippen molar-refractivity contribution in [3.05, 3.63) is 36.0 Å². The standard InChI is InChI=1S/C13H17NO/c14-12-6-5-10-9-4-2-1-3-8(9)7-11(12)13(10)15/h1-5,8-9,11-13,15H,6-7,14H2. The third-order valence-electron chi connectivity index (χ3n) is 4.10. The minimum Gasteiger partial charge on any atom is -0.388 e. The van der Waals surface area contributed by atoms with Gasteiger partial charge in [-0.25, -0.2) is 0 Å². The maximum atomic E-state index is 10.2. The molecule has 3 rings (SSSR count). The molecular weight excluding hydrogens is 186 g/mol. The van der Waals surface area contributed by atoms with Crippen LogP contribution in [0.1, 0.15) is 12.8 Å². The number of rotatable bonds is 0. The Balaban J connectivity index is 1.99. The smallest absolute Gasteiger partial charge is 0.0799 e. The zero-order valence-corrected chi connectivity index (χ0v) is 8.71. The first-order valence-corrected chi connectivity index (χ1v) is 5.76. The van der Waals surface area contributed by atoms with E-state index in [1.54, 1.807) is 0 Å². The Labute approximate surface area is 90.2 Å². The molecule has 0 aromatic heterocycles. The van der Waals surface area contributed by atoms with E-state index in [1.807, 2.05) is 0 Å². The van der Waals surface area contributed by atoms with E-state index in [9.17, 15) is 5.11 Å². The predicted molar refractivity (Wildman–Crippen MR) is 60.0 cm³/mol. The predicted octanol–water partition coefficient (Wildman–Crippen LogP) is 1.38. The van der Waals surface area contributed by atoms with Crippen molar-refractivity contribution in [1.29, 1.82) is 0 Å². The summed E-state index contributed by atoms with van der Waals surface area (Å²) in [6.07, 6.45) is 12.5. The minimum absolute atomic E-state index is 0.143. The molecule has 3 aliphatic carbocycles. The van der Waals surface area contributed by atoms with E-state index < -0.39 is 0 Å². The van der Waals surface area contributed by atoms with Gasteiger partial charge in [-0.2, -0.15) is 0 Å². The molecule has 3 N–H and O–H groups in total. The zero-order chi connectivity index (χ0) is 10.4. The molecule has 2 nitrogen and oxygen atoms in total. The third kappa shape index (κ3) is 1.32. The molecule has 80 valence electrons. The highest BCUT2D eigenvalue weighted by Crippen LogP contribution is 2.45. The molecule has 5 unspecified atom stereocenters. The Morgan fingerprint density at radius 3 is 2.93 bits per heavy atom. The van der Waals surface area contributed by atoms with Crippen molar-refractivity contribution in [2.45, 2.75) is 25.0 Å². The number of fused-ring (bicyclic) bond motifs is 4. The SMILES string of the molecule is NC1CC=C2C(O)C1CC1C=CC=CC21. The van der Waals surface area contributed by atoms with Crippen LogP contribution in [0.3, 0.4) is 0 Å². The van der Waals surface area contributed by atoms with Crippen LogP contribution in [0, 0.1) is 17.8 Å². The maximum Gasteiger partial charge on any atom is 0.0799 e. The van der Waals surface area contributed by atoms with Gasteiger partial charge in [0.05, 0.1) is 6.10 Å². The van der Waals surface area contributed by atoms with Crippen molar-refractivity contribution in [1.82, 2.24) is 0 Å². The van der Waals surface area contributed by atoms with E-state index in [-0.39, 0.29) is 18.1 Å². The molecule has 5 atom stereocenters. The summed E-state index contributed by atoms with van der Waals surface area (Å²) >= 11 is 0. The Bertz CT molecular complexity index is 356. The van der Waals surface area contributed by atoms with E-state index in [4.69, 9.17) is 5.73 Å². The molecule has 1 saturated carbocycles. The lowest BCUT2D eigenvalue weighted by atomic mass is 9.63. The van der Waals surface area contributed by atoms with Crippen molar-refractivity contribution in [2.24, 2.45) is 23.5 Å². The van der Waals surface area contributed by atoms with Crippen LogP contribution in [0.25, 0.3) is 0 Å². The van der Waals surface area contributed by atoms with Gasteiger partial charge < -0.3 is 10.8 Å². The summed E-state index contributed by atoms with van der Waals surface area (Å²) in [6, 6.07) is 0.143. The molecule has 0 aliphatic heterocycles. The number of hydrogen-bond donors (Lipinski definition) is 2. The molecule has 0 spiro atoms. The molecule has 0 aromatic carbocycles. The number of aliphatic hydroxyl groups excluding tert-OH is 1. The lowest BCUT2D eigenvalue weighted by Gasteiger charge is -2.45. The summed E-state index contributed by atoms with van der Waals surface area (Å²) < 4.78 is 0. The van der Waals surface area contributed by atoms with Crippen LogP contribution in [0.15, 0.2) is 36.0 Å². The first-order valence-electron chi connectivity index (χ1n) is 5.76. The van der Waals surface area contributed by atoms with Crippen LogP contribution in [0.4, 0.5) is 0 Å². The van der Waals surface area contributed by atoms with Crippen molar-refractivity contribution in [2.75, 3.05) is 0 Å². The van der Waals surface area contributed by atoms with Crippen molar-refractivity contribution < 1.29 is 5.11 Å². The Kier molecular flexibility index (Phi) is 2.08. The minimum atomic E-state index is -0.300. The van der Waals surface area contributed by atoms with Gasteiger partial charge in [-0.3, -0.25) is 0 Å². The number of allylic oxidation sites excluding steroid dienone is 4. The maximum absolute atomic E-state index is 10.2. The lowest BCUT2D eigenvalue weighted by molar-refractivity contribution is 0.0649. The monoisotopic (exact) mass is 203 g/mol. The van der Waals surface area contributed by atoms with Gasteiger partial charge in [0, 0.05) is 17.9 Å². The fraction of sp³-hybridized carbons (Fsp3) is 0.538. The molecule has 0 radical (unpaired) electrons. The highest BCUT2D eigenvalue weighted by Gasteiger charge is 2.42. The van der Waals surface area contributed by atoms with E-state index in [0.717, 1.165) is 12.8 Å². The fourth-order valence-electron chi connectivity index (χ4n) is 3.24. The second kappa shape index (κ2) is 3.32. The van der Waals surface area contributed by atoms with Crippen LogP contribution in [-0.4, -0.2) is 17.3 Å². The average molecular weight is 203 g/mol. The molecule has 1 fully saturated rings. The highest BCUT2D eigenvalue weighted by molar-refractivity contribution is 5.32. The number of nitrogens with two attached hydrogens (primary N) is 1. The third-order valence-corrected chi connectivity index (χ3v) is 4.10. The molecule has 0 saturated heterocycles. The molecule has 0 aromatic rings. The van der Waals surface area contributed by atoms with Gasteiger partial charge in [-0.05, 0) is 24.3 Å². The Hall–Kier alpha value is -0.860. The van der Waals surface area contributed by atoms with Crippen molar-refractivity contribution in [3.63, 3.8) is 0 Å². The molecular formula is C13H17NO. The molecule has 2 heteroatoms. The normalized spacial score (nSPS) is 47.3. The van der Waals surface area contributed by atoms with Gasteiger partial charge in [0.1, 0.15) is 0 Å². The van der Waals surface area contributed by atoms with Crippen LogP contribution in [-0.2, 0) is 0 Å². The highest BCUT2D eigenvalue weighted by atomic mass is 16.3. The first-order chi connectivity index (χ1) is 7.27. The number of hydrogen-bond acceptors (Lipinski definition) is 2. The van der Waals surface area contributed by atoms with E-state index in [1.165, 1.54) is 5.57 Å². The summed E-state index contributed by atoms with van der Waals surface area (Å²) in [7, 11) is 0. The average Bonchev–Trinajstić information content (AvgIpc) is 2.24. The zero-order valence-electron chi connectivity index (χ0n) is 8.71. The molecule has 15 heavy (non-hydrogen) atoms. The second-order valence-electron chi connectivity index (χ2n) is 4.91. The molecule has 2 bridgehead atoms. The fourth-order valence-corrected chi connectivity index (χ4v) is 3.24. The van der Waals surface area contributed by atoms with Gasteiger partial charge in [-0.1, -0.05) is 30.4 Å². The van der Waals surface area contributed by atoms with Crippen LogP contribution < -0.4 is 5.73 Å². The topological polar surface area (TPSA) is 46.2 Å². The summed E-state index contributed by atoms with van der Waals surface area (Å²) in [4.78, 5) is 0. The second-order valence-corrected chi connectivity index (χ2v) is 4.91. The summed E-state index contributed by atoms with van der Waals surface area (Å²) in [5.74, 6) is 1.25. The lowest BCUT2D eigenvalue weighted by Crippen LogP contribution is -2.48. The van der Waals surface area contributed by atoms with Crippen molar-refractivity contribution in [3.8, 4) is 0 Å². The number of aliphatic hydroxyl groups is 1. The summed E-state index contributed by atoms with van der Waals surface area (Å²) in [5.41, 5.74) is 7.26. The van der Waals surface area contributed by atoms with Crippen molar-refractivity contribution >= 4 is 0 Å². The first kappa shape index (κ1) is 9.37. The van der Waals surface area contributed by atoms with Gasteiger partial charge >= 0.3 is 0 Å². The largest absolute Gasteiger partial charge is 0.388 e. The van der Waals surface area contributed by atoms with Crippen LogP contribution in [0.5, 0.6) is 0 Å². The van der Waals surface area contributed by atoms with Crippen LogP contribution >= 0.6 is 0 Å². The summed E-state index contributed by atoms with van der Waals surface area (Å²) in [6.45, 7) is 0. The Morgan fingerprint density at radius 1 is 1.27 bits per heavy atom. The Morgan fingerprint density at radius 2 is 2.07 bits per heavy atom. The molecule has 0 amide bonds. The van der Waals surface area contributed by atoms with Gasteiger partial charge in [0.25, 0.3) is 0 Å². The van der Waals surface area contributed by atoms with E-state index in [2.05, 4.69) is 30.4 Å². The van der Waals surface area contributed by atoms with Gasteiger partial charge in [0.15, 0.2) is 0 Å². The van der Waals surface area contributed by atoms with E-state index >= 15 is 0 Å². The quantitative estimate of drug-likeness (QED) is 0.584. The summed E-state index contributed by atoms with van der Waals surface area (Å²) in [5, 5.41) is 10.2. The van der Waals surface area contributed by atoms with Crippen LogP contribution in [0.2, 0.25) is 0 Å². The van der Waals surface area contributed by atoms with Gasteiger partial charge in [0.2, 0.25) is 0 Å². The van der Waals surface area contributed by atoms with E-state index in [0.29, 0.717) is 11.8 Å².